The minimum atomic E-state index is -0.269. The number of hydrogen-bond donors (Lipinski definition) is 0. The van der Waals surface area contributed by atoms with Crippen LogP contribution in [0.1, 0.15) is 29.5 Å². The summed E-state index contributed by atoms with van der Waals surface area (Å²) in [7, 11) is 1.37. The number of aromatic nitrogens is 2. The summed E-state index contributed by atoms with van der Waals surface area (Å²) in [6.45, 7) is 1.76. The van der Waals surface area contributed by atoms with E-state index in [4.69, 9.17) is 0 Å². The van der Waals surface area contributed by atoms with E-state index < -0.39 is 0 Å². The van der Waals surface area contributed by atoms with Gasteiger partial charge in [-0.05, 0) is 42.5 Å². The minimum Gasteiger partial charge on any atom is -0.469 e. The molecule has 4 nitrogen and oxygen atoms in total. The lowest BCUT2D eigenvalue weighted by atomic mass is 9.99. The van der Waals surface area contributed by atoms with Gasteiger partial charge in [-0.2, -0.15) is 0 Å². The van der Waals surface area contributed by atoms with Crippen LogP contribution in [0.25, 0.3) is 5.57 Å². The second kappa shape index (κ2) is 8.17. The fourth-order valence-electron chi connectivity index (χ4n) is 2.27. The molecule has 0 aliphatic heterocycles. The van der Waals surface area contributed by atoms with Gasteiger partial charge in [0.05, 0.1) is 7.11 Å². The third-order valence-corrected chi connectivity index (χ3v) is 3.71. The van der Waals surface area contributed by atoms with Crippen LogP contribution >= 0.6 is 0 Å². The van der Waals surface area contributed by atoms with Crippen LogP contribution in [0.2, 0.25) is 0 Å². The molecule has 5 heteroatoms. The molecule has 2 aromatic rings. The summed E-state index contributed by atoms with van der Waals surface area (Å²) in [6, 6.07) is 5.05. The van der Waals surface area contributed by atoms with Crippen molar-refractivity contribution in [2.24, 2.45) is 0 Å². The first-order valence-electron chi connectivity index (χ1n) is 7.37. The fourth-order valence-corrected chi connectivity index (χ4v) is 2.27. The van der Waals surface area contributed by atoms with E-state index in [0.717, 1.165) is 16.7 Å². The quantitative estimate of drug-likeness (QED) is 0.766. The first-order valence-corrected chi connectivity index (χ1v) is 7.37. The molecule has 0 radical (unpaired) electrons. The molecule has 0 bridgehead atoms. The van der Waals surface area contributed by atoms with Gasteiger partial charge >= 0.3 is 5.97 Å². The van der Waals surface area contributed by atoms with Gasteiger partial charge in [-0.15, -0.1) is 0 Å². The first-order chi connectivity index (χ1) is 11.1. The molecule has 0 fully saturated rings. The Bertz CT molecular complexity index is 699. The number of benzene rings is 1. The van der Waals surface area contributed by atoms with Gasteiger partial charge in [0, 0.05) is 24.4 Å². The molecular weight excluding hydrogens is 295 g/mol. The third kappa shape index (κ3) is 4.71. The summed E-state index contributed by atoms with van der Waals surface area (Å²) >= 11 is 0. The minimum absolute atomic E-state index is 0.213. The molecule has 2 rings (SSSR count). The largest absolute Gasteiger partial charge is 0.469 e. The Labute approximate surface area is 135 Å². The standard InChI is InChI=1S/C18H19FN2O2/c1-13-14(4-3-5-17(13)19)6-7-15(8-9-18(22)23-2)16-10-20-12-21-11-16/h3-5,7,10-12H,6,8-9H2,1-2H3/b15-7+. The van der Waals surface area contributed by atoms with Crippen LogP contribution in [0.3, 0.4) is 0 Å². The van der Waals surface area contributed by atoms with Crippen LogP contribution in [0.5, 0.6) is 0 Å². The smallest absolute Gasteiger partial charge is 0.305 e. The number of nitrogens with zero attached hydrogens (tertiary/aromatic N) is 2. The summed E-state index contributed by atoms with van der Waals surface area (Å²) in [5.74, 6) is -0.482. The molecular formula is C18H19FN2O2. The second-order valence-corrected chi connectivity index (χ2v) is 5.16. The number of methoxy groups -OCH3 is 1. The third-order valence-electron chi connectivity index (χ3n) is 3.71. The molecule has 0 saturated heterocycles. The van der Waals surface area contributed by atoms with E-state index in [1.807, 2.05) is 12.1 Å². The Morgan fingerprint density at radius 1 is 1.26 bits per heavy atom. The van der Waals surface area contributed by atoms with Crippen molar-refractivity contribution < 1.29 is 13.9 Å². The highest BCUT2D eigenvalue weighted by molar-refractivity contribution is 5.74. The molecule has 0 aliphatic rings. The van der Waals surface area contributed by atoms with Crippen LogP contribution in [0, 0.1) is 12.7 Å². The summed E-state index contributed by atoms with van der Waals surface area (Å²) < 4.78 is 18.3. The number of allylic oxidation sites excluding steroid dienone is 2. The lowest BCUT2D eigenvalue weighted by Gasteiger charge is -2.08. The van der Waals surface area contributed by atoms with Gasteiger partial charge < -0.3 is 4.74 Å². The van der Waals surface area contributed by atoms with Crippen molar-refractivity contribution in [3.8, 4) is 0 Å². The zero-order chi connectivity index (χ0) is 16.7. The maximum atomic E-state index is 13.6. The van der Waals surface area contributed by atoms with Crippen molar-refractivity contribution in [3.63, 3.8) is 0 Å². The van der Waals surface area contributed by atoms with Gasteiger partial charge in [-0.3, -0.25) is 4.79 Å². The van der Waals surface area contributed by atoms with E-state index in [9.17, 15) is 9.18 Å². The van der Waals surface area contributed by atoms with Crippen molar-refractivity contribution in [1.82, 2.24) is 9.97 Å². The molecule has 0 atom stereocenters. The molecule has 0 spiro atoms. The maximum Gasteiger partial charge on any atom is 0.305 e. The van der Waals surface area contributed by atoms with Crippen molar-refractivity contribution in [2.75, 3.05) is 7.11 Å². The van der Waals surface area contributed by atoms with Crippen molar-refractivity contribution in [3.05, 3.63) is 65.5 Å². The second-order valence-electron chi connectivity index (χ2n) is 5.16. The highest BCUT2D eigenvalue weighted by Gasteiger charge is 2.08. The average Bonchev–Trinajstić information content (AvgIpc) is 2.58. The first kappa shape index (κ1) is 16.8. The van der Waals surface area contributed by atoms with E-state index in [1.165, 1.54) is 19.5 Å². The number of halogens is 1. The molecule has 23 heavy (non-hydrogen) atoms. The van der Waals surface area contributed by atoms with E-state index in [2.05, 4.69) is 14.7 Å². The van der Waals surface area contributed by atoms with Crippen molar-refractivity contribution >= 4 is 11.5 Å². The summed E-state index contributed by atoms with van der Waals surface area (Å²) in [4.78, 5) is 19.4. The number of carbonyl (C=O) groups is 1. The van der Waals surface area contributed by atoms with Gasteiger partial charge in [-0.1, -0.05) is 18.2 Å². The molecule has 0 unspecified atom stereocenters. The number of rotatable bonds is 6. The van der Waals surface area contributed by atoms with Gasteiger partial charge in [0.2, 0.25) is 0 Å². The SMILES string of the molecule is COC(=O)CC/C(=C\Cc1cccc(F)c1C)c1cncnc1. The Morgan fingerprint density at radius 2 is 2.00 bits per heavy atom. The monoisotopic (exact) mass is 314 g/mol. The van der Waals surface area contributed by atoms with E-state index in [-0.39, 0.29) is 18.2 Å². The van der Waals surface area contributed by atoms with Crippen LogP contribution in [-0.2, 0) is 16.0 Å². The molecule has 1 aromatic carbocycles. The Hall–Kier alpha value is -2.56. The average molecular weight is 314 g/mol. The molecule has 0 aliphatic carbocycles. The zero-order valence-electron chi connectivity index (χ0n) is 13.3. The highest BCUT2D eigenvalue weighted by atomic mass is 19.1. The summed E-state index contributed by atoms with van der Waals surface area (Å²) in [5, 5.41) is 0. The van der Waals surface area contributed by atoms with Gasteiger partial charge in [0.25, 0.3) is 0 Å². The van der Waals surface area contributed by atoms with E-state index in [1.54, 1.807) is 25.4 Å². The molecule has 0 amide bonds. The molecule has 120 valence electrons. The maximum absolute atomic E-state index is 13.6. The molecule has 1 aromatic heterocycles. The Kier molecular flexibility index (Phi) is 5.97. The number of esters is 1. The fraction of sp³-hybridized carbons (Fsp3) is 0.278. The number of ether oxygens (including phenoxy) is 1. The molecule has 0 N–H and O–H groups in total. The van der Waals surface area contributed by atoms with Crippen LogP contribution in [-0.4, -0.2) is 23.0 Å². The van der Waals surface area contributed by atoms with Crippen molar-refractivity contribution in [2.45, 2.75) is 26.2 Å². The van der Waals surface area contributed by atoms with Gasteiger partial charge in [0.15, 0.2) is 0 Å². The van der Waals surface area contributed by atoms with E-state index >= 15 is 0 Å². The zero-order valence-corrected chi connectivity index (χ0v) is 13.3. The summed E-state index contributed by atoms with van der Waals surface area (Å²) in [6.07, 6.45) is 8.23. The van der Waals surface area contributed by atoms with E-state index in [0.29, 0.717) is 18.4 Å². The Balaban J connectivity index is 2.22. The van der Waals surface area contributed by atoms with Gasteiger partial charge in [-0.25, -0.2) is 14.4 Å². The highest BCUT2D eigenvalue weighted by Crippen LogP contribution is 2.21. The Morgan fingerprint density at radius 3 is 2.70 bits per heavy atom. The summed E-state index contributed by atoms with van der Waals surface area (Å²) in [5.41, 5.74) is 3.35. The predicted octanol–water partition coefficient (Wildman–Crippen LogP) is 3.50. The lowest BCUT2D eigenvalue weighted by Crippen LogP contribution is -2.01. The number of hydrogen-bond acceptors (Lipinski definition) is 4. The number of carbonyl (C=O) groups excluding carboxylic acids is 1. The normalized spacial score (nSPS) is 11.3. The lowest BCUT2D eigenvalue weighted by molar-refractivity contribution is -0.140. The van der Waals surface area contributed by atoms with Crippen LogP contribution < -0.4 is 0 Å². The van der Waals surface area contributed by atoms with Gasteiger partial charge in [0.1, 0.15) is 12.1 Å². The topological polar surface area (TPSA) is 52.1 Å². The van der Waals surface area contributed by atoms with Crippen molar-refractivity contribution in [1.29, 1.82) is 0 Å². The van der Waals surface area contributed by atoms with Crippen LogP contribution in [0.4, 0.5) is 4.39 Å². The van der Waals surface area contributed by atoms with Crippen LogP contribution in [0.15, 0.2) is 43.0 Å². The molecule has 0 saturated carbocycles. The molecule has 1 heterocycles. The predicted molar refractivity (Wildman–Crippen MR) is 86.1 cm³/mol.